The van der Waals surface area contributed by atoms with Gasteiger partial charge in [-0.25, -0.2) is 4.67 Å². The number of nitrogens with zero attached hydrogens (tertiary/aromatic N) is 4. The van der Waals surface area contributed by atoms with Crippen molar-refractivity contribution >= 4 is 7.87 Å². The van der Waals surface area contributed by atoms with Crippen LogP contribution >= 0.6 is 7.87 Å². The summed E-state index contributed by atoms with van der Waals surface area (Å²) in [5, 5.41) is 0. The number of hydrogen-bond acceptors (Lipinski definition) is 4. The van der Waals surface area contributed by atoms with E-state index in [0.29, 0.717) is 0 Å². The van der Waals surface area contributed by atoms with Gasteiger partial charge < -0.3 is 0 Å². The van der Waals surface area contributed by atoms with E-state index in [1.165, 1.54) is 135 Å². The summed E-state index contributed by atoms with van der Waals surface area (Å²) < 4.78 is 11.9. The first kappa shape index (κ1) is 27.9. The maximum absolute atomic E-state index is 3.00. The third-order valence-corrected chi connectivity index (χ3v) is 14.7. The van der Waals surface area contributed by atoms with Crippen molar-refractivity contribution in [2.75, 3.05) is 28.2 Å². The number of hydrogen-bond donors (Lipinski definition) is 0. The van der Waals surface area contributed by atoms with E-state index in [0.717, 1.165) is 18.1 Å². The molecule has 5 heteroatoms. The van der Waals surface area contributed by atoms with Gasteiger partial charge in [0.05, 0.1) is 5.70 Å². The van der Waals surface area contributed by atoms with Gasteiger partial charge >= 0.3 is 7.87 Å². The fourth-order valence-electron chi connectivity index (χ4n) is 7.96. The zero-order chi connectivity index (χ0) is 24.7. The topological polar surface area (TPSA) is 13.0 Å². The maximum atomic E-state index is 3.00. The summed E-state index contributed by atoms with van der Waals surface area (Å²) in [5.74, 6) is 0. The van der Waals surface area contributed by atoms with Crippen LogP contribution in [0.3, 0.4) is 0 Å². The molecule has 0 bridgehead atoms. The van der Waals surface area contributed by atoms with Crippen molar-refractivity contribution in [1.29, 1.82) is 0 Å². The predicted octanol–water partition coefficient (Wildman–Crippen LogP) is 8.63. The Bertz CT molecular complexity index is 589. The van der Waals surface area contributed by atoms with Crippen LogP contribution in [0.5, 0.6) is 0 Å². The van der Waals surface area contributed by atoms with Gasteiger partial charge in [0.15, 0.2) is 0 Å². The highest BCUT2D eigenvalue weighted by molar-refractivity contribution is 7.66. The van der Waals surface area contributed by atoms with E-state index in [4.69, 9.17) is 0 Å². The summed E-state index contributed by atoms with van der Waals surface area (Å²) in [6.45, 7) is 0. The van der Waals surface area contributed by atoms with Crippen LogP contribution in [0.1, 0.15) is 135 Å². The molecule has 3 saturated carbocycles. The Labute approximate surface area is 219 Å². The Morgan fingerprint density at radius 1 is 0.514 bits per heavy atom. The molecule has 4 nitrogen and oxygen atoms in total. The Morgan fingerprint density at radius 2 is 0.886 bits per heavy atom. The van der Waals surface area contributed by atoms with Crippen molar-refractivity contribution in [3.05, 3.63) is 11.8 Å². The van der Waals surface area contributed by atoms with Crippen molar-refractivity contribution in [2.45, 2.75) is 153 Å². The van der Waals surface area contributed by atoms with Crippen LogP contribution in [0.25, 0.3) is 0 Å². The molecular weight excluding hydrogens is 447 g/mol. The highest BCUT2D eigenvalue weighted by Crippen LogP contribution is 2.73. The minimum Gasteiger partial charge on any atom is -0.209 e. The Hall–Kier alpha value is -0.150. The van der Waals surface area contributed by atoms with Crippen molar-refractivity contribution in [2.24, 2.45) is 0 Å². The first-order chi connectivity index (χ1) is 17.1. The van der Waals surface area contributed by atoms with E-state index in [1.54, 1.807) is 5.70 Å². The van der Waals surface area contributed by atoms with Crippen molar-refractivity contribution in [1.82, 2.24) is 18.7 Å². The molecule has 4 aliphatic rings. The molecule has 0 spiro atoms. The van der Waals surface area contributed by atoms with Gasteiger partial charge in [0, 0.05) is 46.3 Å². The molecule has 0 aromatic carbocycles. The van der Waals surface area contributed by atoms with Crippen molar-refractivity contribution < 1.29 is 0 Å². The monoisotopic (exact) mass is 505 g/mol. The second kappa shape index (κ2) is 13.6. The summed E-state index contributed by atoms with van der Waals surface area (Å²) in [5.41, 5.74) is 1.66. The molecule has 0 N–H and O–H groups in total. The minimum absolute atomic E-state index is 0.728. The summed E-state index contributed by atoms with van der Waals surface area (Å²) >= 11 is 0. The lowest BCUT2D eigenvalue weighted by Crippen LogP contribution is -2.56. The molecule has 0 atom stereocenters. The molecule has 0 radical (unpaired) electrons. The molecule has 202 valence electrons. The third-order valence-electron chi connectivity index (χ3n) is 10.2. The smallest absolute Gasteiger partial charge is 0.209 e. The molecule has 35 heavy (non-hydrogen) atoms. The van der Waals surface area contributed by atoms with Gasteiger partial charge in [-0.05, 0) is 64.2 Å². The third kappa shape index (κ3) is 6.30. The quantitative estimate of drug-likeness (QED) is 0.306. The molecule has 0 heterocycles. The largest absolute Gasteiger partial charge is 0.331 e. The zero-order valence-electron chi connectivity index (χ0n) is 23.9. The Balaban J connectivity index is 1.78. The van der Waals surface area contributed by atoms with Crippen LogP contribution in [0.4, 0.5) is 0 Å². The number of rotatable bonds is 8. The molecule has 0 aromatic heterocycles. The van der Waals surface area contributed by atoms with E-state index >= 15 is 0 Å². The molecule has 4 rings (SSSR count). The molecule has 3 fully saturated rings. The van der Waals surface area contributed by atoms with Crippen LogP contribution in [0, 0.1) is 0 Å². The van der Waals surface area contributed by atoms with Gasteiger partial charge in [-0.1, -0.05) is 76.7 Å². The molecule has 0 unspecified atom stereocenters. The minimum atomic E-state index is -1.90. The van der Waals surface area contributed by atoms with E-state index < -0.39 is 7.87 Å². The van der Waals surface area contributed by atoms with Gasteiger partial charge in [0.25, 0.3) is 0 Å². The molecule has 4 aliphatic carbocycles. The van der Waals surface area contributed by atoms with Crippen LogP contribution < -0.4 is 0 Å². The SMILES string of the molecule is CN(C1=CCCCCCC1)[P+](N(C)C1CCCCC1)(N(C)C1CCCCC1)N(C)C1CCCCC1. The van der Waals surface area contributed by atoms with E-state index in [1.807, 2.05) is 0 Å². The van der Waals surface area contributed by atoms with Crippen molar-refractivity contribution in [3.8, 4) is 0 Å². The second-order valence-electron chi connectivity index (χ2n) is 12.3. The van der Waals surface area contributed by atoms with Crippen molar-refractivity contribution in [3.63, 3.8) is 0 Å². The number of allylic oxidation sites excluding steroid dienone is 2. The summed E-state index contributed by atoms with van der Waals surface area (Å²) in [7, 11) is 8.30. The normalized spacial score (nSPS) is 25.1. The van der Waals surface area contributed by atoms with Crippen LogP contribution in [0.15, 0.2) is 11.8 Å². The van der Waals surface area contributed by atoms with Crippen LogP contribution in [0.2, 0.25) is 0 Å². The van der Waals surface area contributed by atoms with E-state index in [9.17, 15) is 0 Å². The van der Waals surface area contributed by atoms with Crippen LogP contribution in [-0.2, 0) is 0 Å². The fourth-order valence-corrected chi connectivity index (χ4v) is 13.1. The average Bonchev–Trinajstić information content (AvgIpc) is 2.90. The second-order valence-corrected chi connectivity index (χ2v) is 15.9. The average molecular weight is 506 g/mol. The van der Waals surface area contributed by atoms with E-state index in [2.05, 4.69) is 52.9 Å². The first-order valence-corrected chi connectivity index (χ1v) is 17.2. The highest BCUT2D eigenvalue weighted by Gasteiger charge is 2.62. The summed E-state index contributed by atoms with van der Waals surface area (Å²) in [6.07, 6.45) is 31.9. The van der Waals surface area contributed by atoms with Gasteiger partial charge in [-0.3, -0.25) is 0 Å². The molecule has 0 aliphatic heterocycles. The molecule has 0 saturated heterocycles. The lowest BCUT2D eigenvalue weighted by atomic mass is 9.96. The van der Waals surface area contributed by atoms with E-state index in [-0.39, 0.29) is 0 Å². The molecule has 0 aromatic rings. The summed E-state index contributed by atoms with van der Waals surface area (Å²) in [4.78, 5) is 0. The molecular formula is C30H58N4P+. The summed E-state index contributed by atoms with van der Waals surface area (Å²) in [6, 6.07) is 2.18. The lowest BCUT2D eigenvalue weighted by molar-refractivity contribution is 0.175. The highest BCUT2D eigenvalue weighted by atomic mass is 31.2. The maximum Gasteiger partial charge on any atom is 0.331 e. The van der Waals surface area contributed by atoms with Gasteiger partial charge in [0.1, 0.15) is 0 Å². The van der Waals surface area contributed by atoms with Gasteiger partial charge in [-0.2, -0.15) is 0 Å². The standard InChI is InChI=1S/C30H58N4P/c1-31(27-19-11-6-5-7-12-20-27)35(32(2)28-21-13-8-14-22-28,33(3)29-23-15-9-16-24-29)34(4)30-25-17-10-18-26-30/h19,28-30H,5-18,20-26H2,1-4H3/q+1. The van der Waals surface area contributed by atoms with Gasteiger partial charge in [0.2, 0.25) is 0 Å². The fraction of sp³-hybridized carbons (Fsp3) is 0.933. The first-order valence-electron chi connectivity index (χ1n) is 15.6. The Morgan fingerprint density at radius 3 is 1.31 bits per heavy atom. The molecule has 0 amide bonds. The van der Waals surface area contributed by atoms with Gasteiger partial charge in [-0.15, -0.1) is 14.0 Å². The zero-order valence-corrected chi connectivity index (χ0v) is 24.8. The predicted molar refractivity (Wildman–Crippen MR) is 154 cm³/mol. The Kier molecular flexibility index (Phi) is 10.8. The van der Waals surface area contributed by atoms with Crippen LogP contribution in [-0.4, -0.2) is 65.0 Å². The lowest BCUT2D eigenvalue weighted by Gasteiger charge is -2.54.